The highest BCUT2D eigenvalue weighted by Crippen LogP contribution is 2.36. The molecule has 5 N–H and O–H groups in total. The number of hydrazine groups is 1. The largest absolute Gasteiger partial charge is 0.366 e. The molecule has 1 aliphatic heterocycles. The Balaban J connectivity index is 2.06. The molecule has 0 aliphatic carbocycles. The van der Waals surface area contributed by atoms with E-state index in [9.17, 15) is 4.79 Å². The van der Waals surface area contributed by atoms with Crippen LogP contribution in [0, 0.1) is 5.41 Å². The van der Waals surface area contributed by atoms with E-state index in [1.165, 1.54) is 0 Å². The van der Waals surface area contributed by atoms with Crippen LogP contribution in [-0.2, 0) is 11.2 Å². The van der Waals surface area contributed by atoms with Crippen molar-refractivity contribution in [3.63, 3.8) is 0 Å². The zero-order valence-electron chi connectivity index (χ0n) is 11.7. The molecule has 1 heterocycles. The van der Waals surface area contributed by atoms with Crippen molar-refractivity contribution in [1.29, 1.82) is 5.41 Å². The molecule has 0 saturated heterocycles. The molecular weight excluding hydrogens is 300 g/mol. The molecule has 0 saturated carbocycles. The van der Waals surface area contributed by atoms with Gasteiger partial charge in [-0.2, -0.15) is 0 Å². The number of carbonyl (C=O) groups is 1. The molecule has 2 aromatic rings. The fourth-order valence-corrected chi connectivity index (χ4v) is 2.96. The Labute approximate surface area is 133 Å². The number of rotatable bonds is 3. The third-order valence-electron chi connectivity index (χ3n) is 3.88. The summed E-state index contributed by atoms with van der Waals surface area (Å²) in [5.41, 5.74) is 3.45. The number of nitrogens with one attached hydrogen (secondary N) is 3. The fourth-order valence-electron chi connectivity index (χ4n) is 2.77. The molecule has 5 nitrogen and oxygen atoms in total. The summed E-state index contributed by atoms with van der Waals surface area (Å²) in [6, 6.07) is 14.5. The Kier molecular flexibility index (Phi) is 3.60. The number of fused-ring (bicyclic) bond motifs is 1. The van der Waals surface area contributed by atoms with Crippen LogP contribution in [0.1, 0.15) is 11.1 Å². The van der Waals surface area contributed by atoms with Gasteiger partial charge in [0.1, 0.15) is 0 Å². The lowest BCUT2D eigenvalue weighted by Crippen LogP contribution is -2.59. The molecule has 1 aliphatic rings. The summed E-state index contributed by atoms with van der Waals surface area (Å²) >= 11 is 6.02. The third kappa shape index (κ3) is 2.24. The van der Waals surface area contributed by atoms with Crippen molar-refractivity contribution >= 4 is 28.9 Å². The van der Waals surface area contributed by atoms with Crippen molar-refractivity contribution in [3.8, 4) is 0 Å². The normalized spacial score (nSPS) is 19.2. The first kappa shape index (κ1) is 14.6. The molecule has 0 bridgehead atoms. The van der Waals surface area contributed by atoms with Crippen LogP contribution in [0.4, 0.5) is 5.69 Å². The molecule has 22 heavy (non-hydrogen) atoms. The van der Waals surface area contributed by atoms with E-state index < -0.39 is 11.4 Å². The fraction of sp³-hybridized carbons (Fsp3) is 0.125. The molecule has 3 rings (SSSR count). The van der Waals surface area contributed by atoms with E-state index in [2.05, 4.69) is 10.7 Å². The zero-order chi connectivity index (χ0) is 15.7. The van der Waals surface area contributed by atoms with E-state index in [1.807, 2.05) is 24.3 Å². The summed E-state index contributed by atoms with van der Waals surface area (Å²) in [7, 11) is 0. The van der Waals surface area contributed by atoms with E-state index in [-0.39, 0.29) is 5.71 Å². The van der Waals surface area contributed by atoms with Crippen LogP contribution in [0.15, 0.2) is 48.5 Å². The Hall–Kier alpha value is -2.37. The zero-order valence-corrected chi connectivity index (χ0v) is 12.4. The number of anilines is 1. The van der Waals surface area contributed by atoms with Gasteiger partial charge < -0.3 is 10.7 Å². The summed E-state index contributed by atoms with van der Waals surface area (Å²) in [5, 5.41) is 12.3. The van der Waals surface area contributed by atoms with Gasteiger partial charge in [0.15, 0.2) is 5.54 Å². The van der Waals surface area contributed by atoms with Gasteiger partial charge in [-0.1, -0.05) is 41.9 Å². The van der Waals surface area contributed by atoms with Gasteiger partial charge in [-0.15, -0.1) is 0 Å². The van der Waals surface area contributed by atoms with Crippen LogP contribution in [0.5, 0.6) is 0 Å². The molecular formula is C16H15ClN4O. The second-order valence-corrected chi connectivity index (χ2v) is 5.66. The van der Waals surface area contributed by atoms with Crippen LogP contribution >= 0.6 is 11.6 Å². The van der Waals surface area contributed by atoms with Gasteiger partial charge in [0.25, 0.3) is 5.91 Å². The van der Waals surface area contributed by atoms with Crippen molar-refractivity contribution in [1.82, 2.24) is 5.43 Å². The molecule has 0 spiro atoms. The third-order valence-corrected chi connectivity index (χ3v) is 4.11. The molecule has 6 heteroatoms. The average Bonchev–Trinajstić information content (AvgIpc) is 2.94. The highest BCUT2D eigenvalue weighted by molar-refractivity contribution is 6.31. The molecule has 2 aromatic carbocycles. The predicted octanol–water partition coefficient (Wildman–Crippen LogP) is 2.10. The van der Waals surface area contributed by atoms with Crippen LogP contribution in [-0.4, -0.2) is 17.2 Å². The maximum atomic E-state index is 12.4. The number of nitrogens with two attached hydrogens (primary N) is 1. The Bertz CT molecular complexity index is 747. The van der Waals surface area contributed by atoms with Gasteiger partial charge in [-0.3, -0.25) is 10.2 Å². The van der Waals surface area contributed by atoms with Crippen molar-refractivity contribution < 1.29 is 4.79 Å². The lowest BCUT2D eigenvalue weighted by molar-refractivity contribution is -0.123. The lowest BCUT2D eigenvalue weighted by Gasteiger charge is -2.29. The molecule has 1 atom stereocenters. The molecule has 112 valence electrons. The minimum absolute atomic E-state index is 0.170. The Morgan fingerprint density at radius 1 is 1.27 bits per heavy atom. The van der Waals surface area contributed by atoms with Gasteiger partial charge in [0, 0.05) is 17.1 Å². The maximum Gasteiger partial charge on any atom is 0.266 e. The summed E-state index contributed by atoms with van der Waals surface area (Å²) in [4.78, 5) is 12.4. The van der Waals surface area contributed by atoms with Gasteiger partial charge in [0.2, 0.25) is 0 Å². The molecule has 1 unspecified atom stereocenters. The molecule has 0 radical (unpaired) electrons. The first-order valence-corrected chi connectivity index (χ1v) is 7.17. The Morgan fingerprint density at radius 3 is 2.68 bits per heavy atom. The smallest absolute Gasteiger partial charge is 0.266 e. The second kappa shape index (κ2) is 5.44. The summed E-state index contributed by atoms with van der Waals surface area (Å²) in [6.07, 6.45) is 0.319. The van der Waals surface area contributed by atoms with Crippen molar-refractivity contribution in [3.05, 3.63) is 64.7 Å². The van der Waals surface area contributed by atoms with E-state index in [1.54, 1.807) is 24.3 Å². The average molecular weight is 315 g/mol. The number of hydrogen-bond donors (Lipinski definition) is 4. The van der Waals surface area contributed by atoms with Crippen molar-refractivity contribution in [2.24, 2.45) is 5.84 Å². The topological polar surface area (TPSA) is 91.0 Å². The number of carbonyl (C=O) groups excluding carboxylic acids is 1. The monoisotopic (exact) mass is 314 g/mol. The first-order valence-electron chi connectivity index (χ1n) is 6.79. The van der Waals surface area contributed by atoms with Crippen molar-refractivity contribution in [2.75, 3.05) is 5.32 Å². The number of halogens is 1. The Morgan fingerprint density at radius 2 is 2.00 bits per heavy atom. The maximum absolute atomic E-state index is 12.4. The second-order valence-electron chi connectivity index (χ2n) is 5.22. The highest BCUT2D eigenvalue weighted by atomic mass is 35.5. The van der Waals surface area contributed by atoms with Gasteiger partial charge in [-0.05, 0) is 29.3 Å². The van der Waals surface area contributed by atoms with Crippen molar-refractivity contribution in [2.45, 2.75) is 12.0 Å². The minimum atomic E-state index is -1.23. The van der Waals surface area contributed by atoms with E-state index in [4.69, 9.17) is 22.9 Å². The van der Waals surface area contributed by atoms with Crippen LogP contribution in [0.3, 0.4) is 0 Å². The molecule has 0 fully saturated rings. The van der Waals surface area contributed by atoms with Gasteiger partial charge in [0.05, 0.1) is 5.71 Å². The van der Waals surface area contributed by atoms with E-state index in [0.29, 0.717) is 17.0 Å². The number of benzene rings is 2. The summed E-state index contributed by atoms with van der Waals surface area (Å²) in [5.74, 6) is 4.91. The van der Waals surface area contributed by atoms with Crippen LogP contribution in [0.2, 0.25) is 5.02 Å². The summed E-state index contributed by atoms with van der Waals surface area (Å²) in [6.45, 7) is 0. The highest BCUT2D eigenvalue weighted by Gasteiger charge is 2.47. The molecule has 1 amide bonds. The minimum Gasteiger partial charge on any atom is -0.366 e. The number of hydrogen-bond acceptors (Lipinski definition) is 4. The van der Waals surface area contributed by atoms with Gasteiger partial charge >= 0.3 is 0 Å². The van der Waals surface area contributed by atoms with Crippen LogP contribution < -0.4 is 16.6 Å². The first-order chi connectivity index (χ1) is 10.6. The predicted molar refractivity (Wildman–Crippen MR) is 87.1 cm³/mol. The van der Waals surface area contributed by atoms with Gasteiger partial charge in [-0.25, -0.2) is 5.84 Å². The van der Waals surface area contributed by atoms with E-state index >= 15 is 0 Å². The SMILES string of the molecule is N=C(c1ccccc1)C1(C(=O)NN)Cc2cc(Cl)ccc2N1. The van der Waals surface area contributed by atoms with Crippen LogP contribution in [0.25, 0.3) is 0 Å². The quantitative estimate of drug-likeness (QED) is 0.303. The number of amides is 1. The molecule has 0 aromatic heterocycles. The van der Waals surface area contributed by atoms with E-state index in [0.717, 1.165) is 11.3 Å². The lowest BCUT2D eigenvalue weighted by atomic mass is 9.85. The standard InChI is InChI=1S/C16H15ClN4O/c17-12-6-7-13-11(8-12)9-16(20-13,15(22)21-19)14(18)10-4-2-1-3-5-10/h1-8,18,20H,9,19H2,(H,21,22). The summed E-state index contributed by atoms with van der Waals surface area (Å²) < 4.78 is 0.